The zero-order valence-corrected chi connectivity index (χ0v) is 27.9. The van der Waals surface area contributed by atoms with Crippen LogP contribution in [-0.2, 0) is 5.41 Å². The number of hydrogen-bond acceptors (Lipinski definition) is 5. The zero-order chi connectivity index (χ0) is 31.8. The predicted octanol–water partition coefficient (Wildman–Crippen LogP) is 10.0. The van der Waals surface area contributed by atoms with E-state index in [-0.39, 0.29) is 5.41 Å². The van der Waals surface area contributed by atoms with Gasteiger partial charge in [0.2, 0.25) is 0 Å². The summed E-state index contributed by atoms with van der Waals surface area (Å²) in [4.78, 5) is 9.57. The molecule has 6 heteroatoms. The fourth-order valence-electron chi connectivity index (χ4n) is 5.71. The van der Waals surface area contributed by atoms with Gasteiger partial charge in [-0.3, -0.25) is 0 Å². The standard InChI is InChI=1S/C20H20O.2C10H9NO.Al/c1-20(2,3)17-10-7-14(8-11-17)15-9-12-18-16(13-15)5-4-6-19(18)21;2*1-7-5-6-8-3-2-4-9(12)10(8)11-7;/h4-13,21H,1-3H3;2*2-6,12H,1H3;/q;;;+3/p-3. The van der Waals surface area contributed by atoms with E-state index in [0.29, 0.717) is 17.2 Å². The maximum Gasteiger partial charge on any atom is 1.20 e. The van der Waals surface area contributed by atoms with E-state index in [1.54, 1.807) is 0 Å². The fraction of sp³-hybridized carbons (Fsp3) is 0.150. The summed E-state index contributed by atoms with van der Waals surface area (Å²) in [5.74, 6) is 1.96. The Morgan fingerprint density at radius 3 is 1.57 bits per heavy atom. The highest BCUT2D eigenvalue weighted by Gasteiger charge is 2.45. The van der Waals surface area contributed by atoms with Gasteiger partial charge in [-0.1, -0.05) is 106 Å². The molecule has 0 unspecified atom stereocenters. The minimum atomic E-state index is -2.94. The number of aryl methyl sites for hydroxylation is 2. The van der Waals surface area contributed by atoms with Crippen LogP contribution in [0.4, 0.5) is 0 Å². The number of aromatic nitrogens is 2. The van der Waals surface area contributed by atoms with E-state index in [2.05, 4.69) is 81.4 Å². The minimum Gasteiger partial charge on any atom is -0.577 e. The number of nitrogens with zero attached hydrogens (tertiary/aromatic N) is 2. The second kappa shape index (κ2) is 12.1. The van der Waals surface area contributed by atoms with E-state index in [9.17, 15) is 0 Å². The van der Waals surface area contributed by atoms with Gasteiger partial charge in [-0.15, -0.1) is 0 Å². The lowest BCUT2D eigenvalue weighted by Gasteiger charge is -2.20. The van der Waals surface area contributed by atoms with Crippen LogP contribution in [0.5, 0.6) is 17.2 Å². The number of hydrogen-bond donors (Lipinski definition) is 0. The molecule has 0 aliphatic carbocycles. The second-order valence-corrected chi connectivity index (χ2v) is 14.0. The van der Waals surface area contributed by atoms with Crippen molar-refractivity contribution in [1.29, 1.82) is 0 Å². The molecule has 0 N–H and O–H groups in total. The lowest BCUT2D eigenvalue weighted by Crippen LogP contribution is -2.37. The minimum absolute atomic E-state index is 0.112. The molecule has 2 heterocycles. The lowest BCUT2D eigenvalue weighted by atomic mass is 9.86. The Hall–Kier alpha value is -4.89. The molecular weight excluding hydrogens is 583 g/mol. The average Bonchev–Trinajstić information content (AvgIpc) is 3.05. The Labute approximate surface area is 274 Å². The highest BCUT2D eigenvalue weighted by Crippen LogP contribution is 2.34. The van der Waals surface area contributed by atoms with E-state index in [1.807, 2.05) is 74.5 Å². The summed E-state index contributed by atoms with van der Waals surface area (Å²) in [5, 5.41) is 4.05. The van der Waals surface area contributed by atoms with Gasteiger partial charge in [-0.25, -0.2) is 9.97 Å². The molecule has 0 atom stereocenters. The van der Waals surface area contributed by atoms with Gasteiger partial charge in [0.25, 0.3) is 0 Å². The van der Waals surface area contributed by atoms with Gasteiger partial charge in [-0.05, 0) is 77.7 Å². The molecule has 5 nitrogen and oxygen atoms in total. The molecule has 0 radical (unpaired) electrons. The summed E-state index contributed by atoms with van der Waals surface area (Å²) in [7, 11) is 0. The van der Waals surface area contributed by atoms with Gasteiger partial charge in [0.1, 0.15) is 22.5 Å². The molecular formula is C40H35AlN2O3. The molecule has 7 aromatic rings. The maximum atomic E-state index is 6.73. The molecule has 0 spiro atoms. The molecule has 0 aliphatic rings. The molecule has 7 rings (SSSR count). The van der Waals surface area contributed by atoms with Crippen molar-refractivity contribution in [3.8, 4) is 28.4 Å². The Kier molecular flexibility index (Phi) is 7.86. The summed E-state index contributed by atoms with van der Waals surface area (Å²) in [6.07, 6.45) is 0. The molecule has 5 aromatic carbocycles. The fourth-order valence-corrected chi connectivity index (χ4v) is 7.06. The maximum absolute atomic E-state index is 6.73. The smallest absolute Gasteiger partial charge is 0.577 e. The second-order valence-electron chi connectivity index (χ2n) is 12.7. The monoisotopic (exact) mass is 618 g/mol. The molecule has 0 aliphatic heterocycles. The molecule has 0 fully saturated rings. The van der Waals surface area contributed by atoms with Crippen LogP contribution in [0.15, 0.2) is 121 Å². The Morgan fingerprint density at radius 2 is 1.00 bits per heavy atom. The van der Waals surface area contributed by atoms with Crippen LogP contribution < -0.4 is 11.4 Å². The molecule has 2 aromatic heterocycles. The van der Waals surface area contributed by atoms with Gasteiger partial charge >= 0.3 is 15.1 Å². The number of para-hydroxylation sites is 2. The van der Waals surface area contributed by atoms with Crippen LogP contribution >= 0.6 is 0 Å². The van der Waals surface area contributed by atoms with Crippen LogP contribution in [0.25, 0.3) is 43.7 Å². The van der Waals surface area contributed by atoms with Crippen molar-refractivity contribution in [2.75, 3.05) is 0 Å². The first-order chi connectivity index (χ1) is 22.2. The van der Waals surface area contributed by atoms with Gasteiger partial charge in [0, 0.05) is 27.5 Å². The third kappa shape index (κ3) is 6.15. The van der Waals surface area contributed by atoms with E-state index in [0.717, 1.165) is 49.5 Å². The largest absolute Gasteiger partial charge is 1.20 e. The summed E-state index contributed by atoms with van der Waals surface area (Å²) >= 11 is -2.94. The molecule has 0 saturated heterocycles. The van der Waals surface area contributed by atoms with E-state index >= 15 is 0 Å². The van der Waals surface area contributed by atoms with Crippen molar-refractivity contribution in [3.63, 3.8) is 0 Å². The van der Waals surface area contributed by atoms with Crippen molar-refractivity contribution in [3.05, 3.63) is 138 Å². The summed E-state index contributed by atoms with van der Waals surface area (Å²) in [6, 6.07) is 41.4. The summed E-state index contributed by atoms with van der Waals surface area (Å²) < 4.78 is 20.0. The van der Waals surface area contributed by atoms with Crippen LogP contribution in [0, 0.1) is 13.8 Å². The van der Waals surface area contributed by atoms with E-state index in [4.69, 9.17) is 21.3 Å². The molecule has 0 amide bonds. The lowest BCUT2D eigenvalue weighted by molar-refractivity contribution is 0.311. The Bertz CT molecular complexity index is 2120. The molecule has 0 saturated carbocycles. The van der Waals surface area contributed by atoms with Crippen LogP contribution in [0.3, 0.4) is 0 Å². The third-order valence-corrected chi connectivity index (χ3v) is 9.58. The Morgan fingerprint density at radius 1 is 0.500 bits per heavy atom. The van der Waals surface area contributed by atoms with Crippen molar-refractivity contribution < 1.29 is 11.4 Å². The first-order valence-electron chi connectivity index (χ1n) is 15.6. The number of pyridine rings is 2. The van der Waals surface area contributed by atoms with Crippen LogP contribution in [-0.4, -0.2) is 25.1 Å². The van der Waals surface area contributed by atoms with Crippen molar-refractivity contribution in [2.24, 2.45) is 0 Å². The van der Waals surface area contributed by atoms with Crippen molar-refractivity contribution in [1.82, 2.24) is 9.97 Å². The summed E-state index contributed by atoms with van der Waals surface area (Å²) in [5.41, 5.74) is 7.14. The number of fused-ring (bicyclic) bond motifs is 3. The van der Waals surface area contributed by atoms with E-state index in [1.165, 1.54) is 11.1 Å². The average molecular weight is 619 g/mol. The molecule has 226 valence electrons. The predicted molar refractivity (Wildman–Crippen MR) is 189 cm³/mol. The summed E-state index contributed by atoms with van der Waals surface area (Å²) in [6.45, 7) is 10.7. The zero-order valence-electron chi connectivity index (χ0n) is 26.7. The van der Waals surface area contributed by atoms with Gasteiger partial charge in [0.15, 0.2) is 0 Å². The van der Waals surface area contributed by atoms with E-state index < -0.39 is 15.1 Å². The third-order valence-electron chi connectivity index (χ3n) is 8.24. The normalized spacial score (nSPS) is 11.6. The van der Waals surface area contributed by atoms with Crippen molar-refractivity contribution >= 4 is 47.7 Å². The topological polar surface area (TPSA) is 53.5 Å². The first kappa shape index (κ1) is 29.8. The molecule has 46 heavy (non-hydrogen) atoms. The van der Waals surface area contributed by atoms with Gasteiger partial charge < -0.3 is 11.4 Å². The number of benzene rings is 5. The molecule has 0 bridgehead atoms. The van der Waals surface area contributed by atoms with Crippen LogP contribution in [0.2, 0.25) is 0 Å². The van der Waals surface area contributed by atoms with Gasteiger partial charge in [0.05, 0.1) is 5.75 Å². The highest BCUT2D eigenvalue weighted by atomic mass is 27.3. The first-order valence-corrected chi connectivity index (χ1v) is 17.0. The van der Waals surface area contributed by atoms with Gasteiger partial charge in [-0.2, -0.15) is 0 Å². The Balaban J connectivity index is 1.26. The SMILES string of the molecule is Cc1ccc2cccc([O][Al]([O]c3cccc4cc(-c5ccc(C(C)(C)C)cc5)ccc34)[O]c3cccc4ccc(C)nc34)c2n1. The highest BCUT2D eigenvalue weighted by molar-refractivity contribution is 6.40. The van der Waals surface area contributed by atoms with Crippen molar-refractivity contribution in [2.45, 2.75) is 40.0 Å². The quantitative estimate of drug-likeness (QED) is 0.166. The van der Waals surface area contributed by atoms with Crippen LogP contribution in [0.1, 0.15) is 37.7 Å². The number of rotatable bonds is 7.